The van der Waals surface area contributed by atoms with Crippen LogP contribution in [0, 0.1) is 0 Å². The molecule has 4 rings (SSSR count). The van der Waals surface area contributed by atoms with Crippen molar-refractivity contribution >= 4 is 21.6 Å². The Morgan fingerprint density at radius 1 is 1.07 bits per heavy atom. The van der Waals surface area contributed by atoms with Crippen molar-refractivity contribution in [3.8, 4) is 0 Å². The minimum absolute atomic E-state index is 0.138. The van der Waals surface area contributed by atoms with Gasteiger partial charge in [-0.15, -0.1) is 0 Å². The van der Waals surface area contributed by atoms with Gasteiger partial charge in [0.2, 0.25) is 15.8 Å². The van der Waals surface area contributed by atoms with Crippen molar-refractivity contribution in [2.75, 3.05) is 12.4 Å². The van der Waals surface area contributed by atoms with Crippen molar-refractivity contribution in [2.45, 2.75) is 49.8 Å². The van der Waals surface area contributed by atoms with Crippen LogP contribution in [-0.2, 0) is 35.7 Å². The summed E-state index contributed by atoms with van der Waals surface area (Å²) in [6.07, 6.45) is 6.53. The number of carbonyl (C=O) groups is 1. The number of hydrogen-bond donors (Lipinski definition) is 4. The number of aromatic nitrogens is 2. The summed E-state index contributed by atoms with van der Waals surface area (Å²) in [4.78, 5) is 18.8. The molecule has 1 atom stereocenters. The van der Waals surface area contributed by atoms with Crippen molar-refractivity contribution in [3.63, 3.8) is 0 Å². The molecule has 0 saturated carbocycles. The van der Waals surface area contributed by atoms with Crippen molar-refractivity contribution in [3.05, 3.63) is 46.5 Å². The number of fused-ring (bicyclic) bond motifs is 2. The van der Waals surface area contributed by atoms with E-state index in [4.69, 9.17) is 0 Å². The molecule has 0 radical (unpaired) electrons. The van der Waals surface area contributed by atoms with Crippen LogP contribution in [0.2, 0.25) is 0 Å². The lowest BCUT2D eigenvalue weighted by Crippen LogP contribution is -2.40. The van der Waals surface area contributed by atoms with E-state index >= 15 is 0 Å². The topological polar surface area (TPSA) is 133 Å². The van der Waals surface area contributed by atoms with E-state index in [9.17, 15) is 18.3 Å². The molecule has 154 valence electrons. The Kier molecular flexibility index (Phi) is 5.24. The van der Waals surface area contributed by atoms with Crippen LogP contribution in [0.1, 0.15) is 45.7 Å². The van der Waals surface area contributed by atoms with Gasteiger partial charge in [-0.05, 0) is 60.8 Å². The van der Waals surface area contributed by atoms with Crippen LogP contribution < -0.4 is 15.4 Å². The van der Waals surface area contributed by atoms with Gasteiger partial charge >= 0.3 is 0 Å². The van der Waals surface area contributed by atoms with Gasteiger partial charge in [-0.2, -0.15) is 4.72 Å². The van der Waals surface area contributed by atoms with Crippen LogP contribution in [-0.4, -0.2) is 42.8 Å². The first-order valence-corrected chi connectivity index (χ1v) is 11.0. The third-order valence-corrected chi connectivity index (χ3v) is 6.75. The number of rotatable bonds is 6. The van der Waals surface area contributed by atoms with E-state index in [2.05, 4.69) is 31.4 Å². The number of aliphatic hydroxyl groups excluding tert-OH is 1. The van der Waals surface area contributed by atoms with Gasteiger partial charge in [-0.1, -0.05) is 6.07 Å². The van der Waals surface area contributed by atoms with E-state index in [1.807, 2.05) is 0 Å². The maximum atomic E-state index is 12.6. The maximum Gasteiger partial charge on any atom is 0.288 e. The molecule has 0 fully saturated rings. The Balaban J connectivity index is 1.53. The molecule has 2 aliphatic carbocycles. The number of carbonyl (C=O) groups excluding carboxylic acids is 1. The van der Waals surface area contributed by atoms with E-state index in [1.54, 1.807) is 0 Å². The van der Waals surface area contributed by atoms with Gasteiger partial charge in [0.05, 0.1) is 12.4 Å². The molecule has 1 heterocycles. The molecule has 1 aromatic carbocycles. The summed E-state index contributed by atoms with van der Waals surface area (Å²) in [5, 5.41) is 15.8. The summed E-state index contributed by atoms with van der Waals surface area (Å²) in [6, 6.07) is 2.26. The monoisotopic (exact) mass is 417 g/mol. The Morgan fingerprint density at radius 2 is 1.66 bits per heavy atom. The highest BCUT2D eigenvalue weighted by atomic mass is 32.2. The minimum Gasteiger partial charge on any atom is -0.360 e. The number of sulfonamides is 1. The highest BCUT2D eigenvalue weighted by Crippen LogP contribution is 2.38. The summed E-state index contributed by atoms with van der Waals surface area (Å²) in [5.41, 5.74) is 5.75. The highest BCUT2D eigenvalue weighted by Gasteiger charge is 2.26. The quantitative estimate of drug-likeness (QED) is 0.502. The SMILES string of the molecule is CNC(=O)c1ncc(S(=O)(=O)NC(O)Nc2c3c(cc4c2CCC4)CCC3)cn1. The van der Waals surface area contributed by atoms with Crippen LogP contribution in [0.15, 0.2) is 23.4 Å². The number of nitrogens with one attached hydrogen (secondary N) is 3. The Bertz CT molecular complexity index is 1020. The zero-order valence-corrected chi connectivity index (χ0v) is 16.8. The van der Waals surface area contributed by atoms with Gasteiger partial charge in [0.25, 0.3) is 5.91 Å². The fourth-order valence-corrected chi connectivity index (χ4v) is 4.93. The van der Waals surface area contributed by atoms with E-state index in [0.29, 0.717) is 0 Å². The number of anilines is 1. The molecular weight excluding hydrogens is 394 g/mol. The summed E-state index contributed by atoms with van der Waals surface area (Å²) in [5.74, 6) is -0.657. The second kappa shape index (κ2) is 7.69. The molecular formula is C19H23N5O4S. The lowest BCUT2D eigenvalue weighted by molar-refractivity contribution is 0.0952. The van der Waals surface area contributed by atoms with Gasteiger partial charge < -0.3 is 15.7 Å². The first kappa shape index (κ1) is 19.7. The largest absolute Gasteiger partial charge is 0.360 e. The molecule has 0 spiro atoms. The van der Waals surface area contributed by atoms with Crippen molar-refractivity contribution in [1.29, 1.82) is 0 Å². The number of benzene rings is 1. The molecule has 10 heteroatoms. The van der Waals surface area contributed by atoms with Crippen molar-refractivity contribution in [2.24, 2.45) is 0 Å². The van der Waals surface area contributed by atoms with E-state index in [-0.39, 0.29) is 10.7 Å². The summed E-state index contributed by atoms with van der Waals surface area (Å²) in [7, 11) is -2.65. The van der Waals surface area contributed by atoms with E-state index in [0.717, 1.165) is 56.6 Å². The normalized spacial score (nSPS) is 16.2. The van der Waals surface area contributed by atoms with Crippen molar-refractivity contribution in [1.82, 2.24) is 20.0 Å². The van der Waals surface area contributed by atoms with E-state index in [1.165, 1.54) is 29.3 Å². The average Bonchev–Trinajstić information content (AvgIpc) is 3.36. The summed E-state index contributed by atoms with van der Waals surface area (Å²) in [6.45, 7) is 0. The average molecular weight is 417 g/mol. The van der Waals surface area contributed by atoms with Crippen LogP contribution in [0.5, 0.6) is 0 Å². The van der Waals surface area contributed by atoms with Crippen LogP contribution in [0.25, 0.3) is 0 Å². The lowest BCUT2D eigenvalue weighted by atomic mass is 9.99. The molecule has 4 N–H and O–H groups in total. The number of hydrogen-bond acceptors (Lipinski definition) is 7. The molecule has 0 aliphatic heterocycles. The van der Waals surface area contributed by atoms with Crippen LogP contribution in [0.3, 0.4) is 0 Å². The second-order valence-corrected chi connectivity index (χ2v) is 8.94. The van der Waals surface area contributed by atoms with E-state index < -0.39 is 22.3 Å². The number of aliphatic hydroxyl groups is 1. The van der Waals surface area contributed by atoms with Crippen molar-refractivity contribution < 1.29 is 18.3 Å². The second-order valence-electron chi connectivity index (χ2n) is 7.22. The molecule has 0 bridgehead atoms. The summed E-state index contributed by atoms with van der Waals surface area (Å²) >= 11 is 0. The van der Waals surface area contributed by atoms with Gasteiger partial charge in [0, 0.05) is 12.7 Å². The maximum absolute atomic E-state index is 12.6. The smallest absolute Gasteiger partial charge is 0.288 e. The molecule has 2 aliphatic rings. The van der Waals surface area contributed by atoms with Gasteiger partial charge in [0.15, 0.2) is 6.35 Å². The fourth-order valence-electron chi connectivity index (χ4n) is 4.06. The molecule has 1 aromatic heterocycles. The zero-order valence-electron chi connectivity index (χ0n) is 16.0. The number of amides is 1. The standard InChI is InChI=1S/C19H23N5O4S/c1-20-18(25)17-21-9-13(10-22-17)29(27,28)24-19(26)23-16-14-6-2-4-11(14)8-12-5-3-7-15(12)16/h8-10,19,23-24,26H,2-7H2,1H3,(H,20,25). The van der Waals surface area contributed by atoms with Gasteiger partial charge in [-0.25, -0.2) is 18.4 Å². The predicted molar refractivity (Wildman–Crippen MR) is 106 cm³/mol. The fraction of sp³-hybridized carbons (Fsp3) is 0.421. The molecule has 29 heavy (non-hydrogen) atoms. The van der Waals surface area contributed by atoms with Crippen LogP contribution in [0.4, 0.5) is 5.69 Å². The number of aryl methyl sites for hydroxylation is 2. The van der Waals surface area contributed by atoms with Crippen LogP contribution >= 0.6 is 0 Å². The third-order valence-electron chi connectivity index (χ3n) is 5.39. The molecule has 0 saturated heterocycles. The number of nitrogens with zero attached hydrogens (tertiary/aromatic N) is 2. The van der Waals surface area contributed by atoms with Gasteiger partial charge in [-0.3, -0.25) is 4.79 Å². The Morgan fingerprint density at radius 3 is 2.21 bits per heavy atom. The molecule has 1 amide bonds. The highest BCUT2D eigenvalue weighted by molar-refractivity contribution is 7.89. The molecule has 1 unspecified atom stereocenters. The van der Waals surface area contributed by atoms with Gasteiger partial charge in [0.1, 0.15) is 4.90 Å². The minimum atomic E-state index is -4.08. The Hall–Kier alpha value is -2.56. The molecule has 2 aromatic rings. The third kappa shape index (κ3) is 3.83. The first-order chi connectivity index (χ1) is 13.9. The summed E-state index contributed by atoms with van der Waals surface area (Å²) < 4.78 is 27.3. The zero-order chi connectivity index (χ0) is 20.6. The first-order valence-electron chi connectivity index (χ1n) is 9.56. The predicted octanol–water partition coefficient (Wildman–Crippen LogP) is 0.480. The lowest BCUT2D eigenvalue weighted by Gasteiger charge is -2.21. The molecule has 9 nitrogen and oxygen atoms in total. The Labute approximate surface area is 169 Å².